The van der Waals surface area contributed by atoms with Crippen molar-refractivity contribution in [3.63, 3.8) is 0 Å². The molecule has 0 spiro atoms. The maximum absolute atomic E-state index is 13.5. The van der Waals surface area contributed by atoms with Gasteiger partial charge in [0, 0.05) is 54.6 Å². The summed E-state index contributed by atoms with van der Waals surface area (Å²) in [5.41, 5.74) is 4.85. The Labute approximate surface area is 249 Å². The summed E-state index contributed by atoms with van der Waals surface area (Å²) < 4.78 is 48.1. The van der Waals surface area contributed by atoms with Crippen molar-refractivity contribution in [1.82, 2.24) is 14.8 Å². The molecule has 0 aliphatic heterocycles. The molecule has 2 aromatic heterocycles. The fourth-order valence-electron chi connectivity index (χ4n) is 5.43. The molecular formula is C35H38F3N3O2. The van der Waals surface area contributed by atoms with Crippen molar-refractivity contribution >= 4 is 21.9 Å². The normalized spacial score (nSPS) is 12.6. The molecule has 0 aliphatic rings. The minimum Gasteiger partial charge on any atom is -0.464 e. The minimum absolute atomic E-state index is 0.0232. The average Bonchev–Trinajstić information content (AvgIpc) is 3.34. The first-order valence-corrected chi connectivity index (χ1v) is 14.6. The van der Waals surface area contributed by atoms with E-state index in [9.17, 15) is 18.0 Å². The van der Waals surface area contributed by atoms with E-state index in [1.54, 1.807) is 12.3 Å². The van der Waals surface area contributed by atoms with Crippen molar-refractivity contribution in [2.45, 2.75) is 65.8 Å². The van der Waals surface area contributed by atoms with Gasteiger partial charge in [-0.1, -0.05) is 31.2 Å². The smallest absolute Gasteiger partial charge is 0.416 e. The van der Waals surface area contributed by atoms with Gasteiger partial charge in [-0.2, -0.15) is 13.2 Å². The zero-order valence-corrected chi connectivity index (χ0v) is 25.3. The van der Waals surface area contributed by atoms with E-state index in [-0.39, 0.29) is 11.0 Å². The highest BCUT2D eigenvalue weighted by atomic mass is 19.4. The van der Waals surface area contributed by atoms with Crippen LogP contribution in [0.2, 0.25) is 0 Å². The summed E-state index contributed by atoms with van der Waals surface area (Å²) in [6.07, 6.45) is -0.00599. The molecule has 43 heavy (non-hydrogen) atoms. The fraction of sp³-hybridized carbons (Fsp3) is 0.343. The Kier molecular flexibility index (Phi) is 8.54. The summed E-state index contributed by atoms with van der Waals surface area (Å²) in [7, 11) is 0. The number of aryl methyl sites for hydroxylation is 2. The Morgan fingerprint density at radius 2 is 1.67 bits per heavy atom. The van der Waals surface area contributed by atoms with Gasteiger partial charge in [-0.25, -0.2) is 0 Å². The Morgan fingerprint density at radius 1 is 0.930 bits per heavy atom. The molecule has 1 N–H and O–H groups in total. The van der Waals surface area contributed by atoms with Crippen LogP contribution in [0, 0.1) is 13.8 Å². The van der Waals surface area contributed by atoms with Crippen molar-refractivity contribution in [3.05, 3.63) is 111 Å². The Balaban J connectivity index is 1.36. The van der Waals surface area contributed by atoms with E-state index >= 15 is 0 Å². The molecule has 0 bridgehead atoms. The van der Waals surface area contributed by atoms with Gasteiger partial charge in [0.05, 0.1) is 22.7 Å². The lowest BCUT2D eigenvalue weighted by Gasteiger charge is -2.38. The summed E-state index contributed by atoms with van der Waals surface area (Å²) in [4.78, 5) is 15.5. The third-order valence-electron chi connectivity index (χ3n) is 8.66. The standard InChI is InChI=1S/C35H38F3N3O2/c1-6-34(4,5)40(15-14-39-19-25-22-43-32-17-24(3)23(2)16-30(32)33(25)42)20-26-21-41(31-13-8-7-12-29(26)31)28-11-9-10-27(18-28)35(36,37)38/h7-13,16-18,21-22,39H,6,14-15,19-20H2,1-5H3. The lowest BCUT2D eigenvalue weighted by molar-refractivity contribution is -0.137. The van der Waals surface area contributed by atoms with Crippen LogP contribution < -0.4 is 10.7 Å². The zero-order chi connectivity index (χ0) is 30.9. The lowest BCUT2D eigenvalue weighted by Crippen LogP contribution is -2.46. The highest BCUT2D eigenvalue weighted by molar-refractivity contribution is 5.85. The van der Waals surface area contributed by atoms with Gasteiger partial charge in [0.15, 0.2) is 5.43 Å². The van der Waals surface area contributed by atoms with Crippen LogP contribution in [0.1, 0.15) is 55.0 Å². The number of alkyl halides is 3. The third kappa shape index (κ3) is 6.40. The van der Waals surface area contributed by atoms with Gasteiger partial charge in [0.2, 0.25) is 0 Å². The average molecular weight is 590 g/mol. The van der Waals surface area contributed by atoms with Crippen molar-refractivity contribution in [2.24, 2.45) is 0 Å². The van der Waals surface area contributed by atoms with Gasteiger partial charge >= 0.3 is 6.18 Å². The molecule has 2 heterocycles. The maximum Gasteiger partial charge on any atom is 0.416 e. The molecule has 0 aliphatic carbocycles. The molecular weight excluding hydrogens is 551 g/mol. The first-order valence-electron chi connectivity index (χ1n) is 14.6. The summed E-state index contributed by atoms with van der Waals surface area (Å²) >= 11 is 0. The summed E-state index contributed by atoms with van der Waals surface area (Å²) in [5.74, 6) is 0. The van der Waals surface area contributed by atoms with Gasteiger partial charge in [0.25, 0.3) is 0 Å². The maximum atomic E-state index is 13.5. The van der Waals surface area contributed by atoms with Gasteiger partial charge < -0.3 is 14.3 Å². The highest BCUT2D eigenvalue weighted by Gasteiger charge is 2.31. The molecule has 0 radical (unpaired) electrons. The van der Waals surface area contributed by atoms with E-state index in [4.69, 9.17) is 4.42 Å². The number of rotatable bonds is 10. The quantitative estimate of drug-likeness (QED) is 0.167. The minimum atomic E-state index is -4.41. The monoisotopic (exact) mass is 589 g/mol. The molecule has 0 saturated carbocycles. The van der Waals surface area contributed by atoms with E-state index in [0.717, 1.165) is 40.1 Å². The number of nitrogens with one attached hydrogen (secondary N) is 1. The number of nitrogens with zero attached hydrogens (tertiary/aromatic N) is 2. The number of para-hydroxylation sites is 1. The molecule has 5 nitrogen and oxygen atoms in total. The van der Waals surface area contributed by atoms with E-state index in [2.05, 4.69) is 31.0 Å². The van der Waals surface area contributed by atoms with Crippen LogP contribution >= 0.6 is 0 Å². The number of halogens is 3. The second-order valence-corrected chi connectivity index (χ2v) is 11.9. The SMILES string of the molecule is CCC(C)(C)N(CCNCc1coc2cc(C)c(C)cc2c1=O)Cc1cn(-c2cccc(C(F)(F)F)c2)c2ccccc12. The number of hydrogen-bond donors (Lipinski definition) is 1. The molecule has 0 unspecified atom stereocenters. The first-order chi connectivity index (χ1) is 20.4. The second kappa shape index (κ2) is 12.0. The van der Waals surface area contributed by atoms with Crippen LogP contribution in [0.5, 0.6) is 0 Å². The topological polar surface area (TPSA) is 50.4 Å². The molecule has 5 rings (SSSR count). The number of hydrogen-bond acceptors (Lipinski definition) is 4. The largest absolute Gasteiger partial charge is 0.464 e. The predicted molar refractivity (Wildman–Crippen MR) is 167 cm³/mol. The van der Waals surface area contributed by atoms with Gasteiger partial charge in [-0.05, 0) is 87.2 Å². The molecule has 0 saturated heterocycles. The molecule has 5 aromatic rings. The Bertz CT molecular complexity index is 1820. The fourth-order valence-corrected chi connectivity index (χ4v) is 5.43. The van der Waals surface area contributed by atoms with Gasteiger partial charge in [-0.3, -0.25) is 9.69 Å². The van der Waals surface area contributed by atoms with Gasteiger partial charge in [0.1, 0.15) is 5.58 Å². The van der Waals surface area contributed by atoms with E-state index in [1.165, 1.54) is 12.1 Å². The molecule has 0 atom stereocenters. The number of benzene rings is 3. The Morgan fingerprint density at radius 3 is 2.42 bits per heavy atom. The third-order valence-corrected chi connectivity index (χ3v) is 8.66. The molecule has 0 fully saturated rings. The summed E-state index contributed by atoms with van der Waals surface area (Å²) in [6.45, 7) is 12.9. The molecule has 8 heteroatoms. The highest BCUT2D eigenvalue weighted by Crippen LogP contribution is 2.33. The first kappa shape index (κ1) is 30.6. The number of aromatic nitrogens is 1. The van der Waals surface area contributed by atoms with Crippen LogP contribution in [-0.4, -0.2) is 28.1 Å². The zero-order valence-electron chi connectivity index (χ0n) is 25.3. The second-order valence-electron chi connectivity index (χ2n) is 11.9. The van der Waals surface area contributed by atoms with Gasteiger partial charge in [-0.15, -0.1) is 0 Å². The Hall–Kier alpha value is -3.88. The van der Waals surface area contributed by atoms with Crippen LogP contribution in [0.4, 0.5) is 13.2 Å². The molecule has 3 aromatic carbocycles. The number of fused-ring (bicyclic) bond motifs is 2. The van der Waals surface area contributed by atoms with E-state index < -0.39 is 11.7 Å². The van der Waals surface area contributed by atoms with Crippen molar-refractivity contribution < 1.29 is 17.6 Å². The van der Waals surface area contributed by atoms with Crippen molar-refractivity contribution in [3.8, 4) is 5.69 Å². The van der Waals surface area contributed by atoms with E-state index in [0.29, 0.717) is 48.4 Å². The van der Waals surface area contributed by atoms with Crippen LogP contribution in [0.25, 0.3) is 27.6 Å². The van der Waals surface area contributed by atoms with Crippen LogP contribution in [0.3, 0.4) is 0 Å². The predicted octanol–water partition coefficient (Wildman–Crippen LogP) is 8.15. The summed E-state index contributed by atoms with van der Waals surface area (Å²) in [5, 5.41) is 5.02. The van der Waals surface area contributed by atoms with Crippen LogP contribution in [-0.2, 0) is 19.3 Å². The summed E-state index contributed by atoms with van der Waals surface area (Å²) in [6, 6.07) is 17.0. The van der Waals surface area contributed by atoms with Crippen molar-refractivity contribution in [2.75, 3.05) is 13.1 Å². The molecule has 226 valence electrons. The van der Waals surface area contributed by atoms with Crippen molar-refractivity contribution in [1.29, 1.82) is 0 Å². The molecule has 0 amide bonds. The van der Waals surface area contributed by atoms with Crippen LogP contribution in [0.15, 0.2) is 82.3 Å². The van der Waals surface area contributed by atoms with E-state index in [1.807, 2.05) is 61.0 Å². The lowest BCUT2D eigenvalue weighted by atomic mass is 9.98.